The first kappa shape index (κ1) is 20.6. The fraction of sp³-hybridized carbons (Fsp3) is 0.0952. The lowest BCUT2D eigenvalue weighted by Crippen LogP contribution is -2.35. The number of benzene rings is 2. The second-order valence-electron chi connectivity index (χ2n) is 6.49. The van der Waals surface area contributed by atoms with Crippen LogP contribution in [0.1, 0.15) is 26.4 Å². The van der Waals surface area contributed by atoms with Gasteiger partial charge in [-0.05, 0) is 55.1 Å². The van der Waals surface area contributed by atoms with E-state index in [1.807, 2.05) is 43.5 Å². The van der Waals surface area contributed by atoms with Crippen LogP contribution >= 0.6 is 11.3 Å². The summed E-state index contributed by atoms with van der Waals surface area (Å²) in [5.74, 6) is -0.466. The van der Waals surface area contributed by atoms with Gasteiger partial charge in [0, 0.05) is 5.56 Å². The summed E-state index contributed by atoms with van der Waals surface area (Å²) < 4.78 is 28.1. The van der Waals surface area contributed by atoms with Gasteiger partial charge in [0.05, 0.1) is 21.2 Å². The molecule has 0 radical (unpaired) electrons. The molecule has 2 aromatic carbocycles. The number of carbonyl (C=O) groups excluding carboxylic acids is 1. The largest absolute Gasteiger partial charge is 0.298 e. The third-order valence-electron chi connectivity index (χ3n) is 4.18. The van der Waals surface area contributed by atoms with Gasteiger partial charge in [-0.3, -0.25) is 20.4 Å². The van der Waals surface area contributed by atoms with Crippen LogP contribution in [0.3, 0.4) is 0 Å². The average Bonchev–Trinajstić information content (AvgIpc) is 3.23. The quantitative estimate of drug-likeness (QED) is 0.496. The molecule has 1 amide bonds. The molecule has 0 saturated heterocycles. The molecular weight excluding hydrogens is 406 g/mol. The minimum atomic E-state index is -3.84. The van der Waals surface area contributed by atoms with Crippen molar-refractivity contribution in [2.24, 2.45) is 0 Å². The number of hydrogen-bond donors (Lipinski definition) is 3. The molecule has 0 atom stereocenters. The SMILES string of the molecule is C=C(NNC(=O)c1cccc(S(=O)(=O)Nc2ccc(C)cc2C)c1)c1cccs1. The second kappa shape index (κ2) is 8.50. The van der Waals surface area contributed by atoms with Gasteiger partial charge < -0.3 is 0 Å². The molecule has 3 aromatic rings. The highest BCUT2D eigenvalue weighted by molar-refractivity contribution is 7.92. The Hall–Kier alpha value is -3.10. The van der Waals surface area contributed by atoms with Crippen LogP contribution in [0.4, 0.5) is 5.69 Å². The van der Waals surface area contributed by atoms with Gasteiger partial charge in [0.15, 0.2) is 0 Å². The van der Waals surface area contributed by atoms with Gasteiger partial charge in [-0.2, -0.15) is 0 Å². The number of anilines is 1. The van der Waals surface area contributed by atoms with E-state index >= 15 is 0 Å². The Kier molecular flexibility index (Phi) is 6.05. The molecule has 0 fully saturated rings. The van der Waals surface area contributed by atoms with Crippen molar-refractivity contribution in [1.82, 2.24) is 10.9 Å². The Labute approximate surface area is 174 Å². The van der Waals surface area contributed by atoms with E-state index in [2.05, 4.69) is 22.2 Å². The lowest BCUT2D eigenvalue weighted by atomic mass is 10.1. The van der Waals surface area contributed by atoms with Gasteiger partial charge in [0.1, 0.15) is 0 Å². The van der Waals surface area contributed by atoms with Gasteiger partial charge in [0.25, 0.3) is 15.9 Å². The fourth-order valence-corrected chi connectivity index (χ4v) is 4.48. The molecule has 1 heterocycles. The van der Waals surface area contributed by atoms with E-state index in [0.717, 1.165) is 16.0 Å². The first-order valence-corrected chi connectivity index (χ1v) is 11.1. The van der Waals surface area contributed by atoms with E-state index in [4.69, 9.17) is 0 Å². The maximum absolute atomic E-state index is 12.8. The maximum Gasteiger partial charge on any atom is 0.269 e. The molecule has 0 spiro atoms. The molecule has 8 heteroatoms. The number of hydrogen-bond acceptors (Lipinski definition) is 5. The van der Waals surface area contributed by atoms with Gasteiger partial charge >= 0.3 is 0 Å². The lowest BCUT2D eigenvalue weighted by molar-refractivity contribution is 0.0942. The van der Waals surface area contributed by atoms with Crippen molar-refractivity contribution in [2.45, 2.75) is 18.7 Å². The number of sulfonamides is 1. The zero-order chi connectivity index (χ0) is 21.0. The first-order chi connectivity index (χ1) is 13.8. The molecule has 0 saturated carbocycles. The molecule has 0 aliphatic rings. The molecule has 3 rings (SSSR count). The van der Waals surface area contributed by atoms with Crippen molar-refractivity contribution in [2.75, 3.05) is 4.72 Å². The van der Waals surface area contributed by atoms with Crippen LogP contribution in [0.15, 0.2) is 71.5 Å². The molecular formula is C21H21N3O3S2. The molecule has 29 heavy (non-hydrogen) atoms. The Morgan fingerprint density at radius 2 is 1.79 bits per heavy atom. The molecule has 150 valence electrons. The first-order valence-electron chi connectivity index (χ1n) is 8.75. The zero-order valence-electron chi connectivity index (χ0n) is 16.0. The summed E-state index contributed by atoms with van der Waals surface area (Å²) in [7, 11) is -3.84. The maximum atomic E-state index is 12.8. The van der Waals surface area contributed by atoms with Crippen LogP contribution in [-0.4, -0.2) is 14.3 Å². The van der Waals surface area contributed by atoms with Gasteiger partial charge in [-0.15, -0.1) is 11.3 Å². The smallest absolute Gasteiger partial charge is 0.269 e. The third-order valence-corrected chi connectivity index (χ3v) is 6.47. The van der Waals surface area contributed by atoms with Crippen LogP contribution in [0.25, 0.3) is 5.70 Å². The van der Waals surface area contributed by atoms with E-state index < -0.39 is 15.9 Å². The van der Waals surface area contributed by atoms with Crippen LogP contribution in [-0.2, 0) is 10.0 Å². The number of aryl methyl sites for hydroxylation is 2. The summed E-state index contributed by atoms with van der Waals surface area (Å²) in [4.78, 5) is 13.3. The van der Waals surface area contributed by atoms with Gasteiger partial charge in [-0.25, -0.2) is 8.42 Å². The van der Waals surface area contributed by atoms with E-state index in [9.17, 15) is 13.2 Å². The van der Waals surface area contributed by atoms with E-state index in [0.29, 0.717) is 11.4 Å². The number of nitrogens with one attached hydrogen (secondary N) is 3. The molecule has 0 aliphatic carbocycles. The summed E-state index contributed by atoms with van der Waals surface area (Å²) in [6.45, 7) is 7.63. The van der Waals surface area contributed by atoms with E-state index in [-0.39, 0.29) is 10.5 Å². The van der Waals surface area contributed by atoms with Crippen molar-refractivity contribution in [1.29, 1.82) is 0 Å². The van der Waals surface area contributed by atoms with Crippen LogP contribution in [0, 0.1) is 13.8 Å². The number of hydrazine groups is 1. The van der Waals surface area contributed by atoms with Crippen molar-refractivity contribution < 1.29 is 13.2 Å². The zero-order valence-corrected chi connectivity index (χ0v) is 17.7. The van der Waals surface area contributed by atoms with Crippen LogP contribution in [0.2, 0.25) is 0 Å². The topological polar surface area (TPSA) is 87.3 Å². The Bertz CT molecular complexity index is 1150. The van der Waals surface area contributed by atoms with Crippen molar-refractivity contribution >= 4 is 38.7 Å². The second-order valence-corrected chi connectivity index (χ2v) is 9.12. The average molecular weight is 428 g/mol. The minimum Gasteiger partial charge on any atom is -0.298 e. The Morgan fingerprint density at radius 3 is 2.48 bits per heavy atom. The molecule has 0 bridgehead atoms. The molecule has 1 aromatic heterocycles. The summed E-state index contributed by atoms with van der Waals surface area (Å²) in [6, 6.07) is 15.1. The lowest BCUT2D eigenvalue weighted by Gasteiger charge is -2.13. The molecule has 0 aliphatic heterocycles. The highest BCUT2D eigenvalue weighted by atomic mass is 32.2. The van der Waals surface area contributed by atoms with Gasteiger partial charge in [0.2, 0.25) is 0 Å². The van der Waals surface area contributed by atoms with Crippen LogP contribution in [0.5, 0.6) is 0 Å². The van der Waals surface area contributed by atoms with Crippen molar-refractivity contribution in [3.63, 3.8) is 0 Å². The number of carbonyl (C=O) groups is 1. The normalized spacial score (nSPS) is 11.0. The highest BCUT2D eigenvalue weighted by Gasteiger charge is 2.17. The summed E-state index contributed by atoms with van der Waals surface area (Å²) in [6.07, 6.45) is 0. The summed E-state index contributed by atoms with van der Waals surface area (Å²) in [5, 5.41) is 1.90. The number of thiophene rings is 1. The predicted octanol–water partition coefficient (Wildman–Crippen LogP) is 4.07. The predicted molar refractivity (Wildman–Crippen MR) is 117 cm³/mol. The summed E-state index contributed by atoms with van der Waals surface area (Å²) >= 11 is 1.49. The third kappa shape index (κ3) is 5.04. The Morgan fingerprint density at radius 1 is 1.00 bits per heavy atom. The highest BCUT2D eigenvalue weighted by Crippen LogP contribution is 2.21. The van der Waals surface area contributed by atoms with E-state index in [1.165, 1.54) is 29.5 Å². The monoisotopic (exact) mass is 427 g/mol. The number of rotatable bonds is 7. The standard InChI is InChI=1S/C21H21N3O3S2/c1-14-9-10-19(15(2)12-14)24-29(26,27)18-7-4-6-17(13-18)21(25)23-22-16(3)20-8-5-11-28-20/h4-13,22,24H,3H2,1-2H3,(H,23,25). The van der Waals surface area contributed by atoms with Crippen LogP contribution < -0.4 is 15.6 Å². The van der Waals surface area contributed by atoms with E-state index in [1.54, 1.807) is 12.1 Å². The van der Waals surface area contributed by atoms with Gasteiger partial charge in [-0.1, -0.05) is 36.4 Å². The van der Waals surface area contributed by atoms with Crippen molar-refractivity contribution in [3.8, 4) is 0 Å². The van der Waals surface area contributed by atoms with Crippen molar-refractivity contribution in [3.05, 3.63) is 88.1 Å². The Balaban J connectivity index is 1.73. The molecule has 3 N–H and O–H groups in total. The summed E-state index contributed by atoms with van der Waals surface area (Å²) in [5.41, 5.74) is 8.40. The molecule has 6 nitrogen and oxygen atoms in total. The number of amides is 1. The molecule has 0 unspecified atom stereocenters. The fourth-order valence-electron chi connectivity index (χ4n) is 2.65. The minimum absolute atomic E-state index is 0.00204.